The fourth-order valence-electron chi connectivity index (χ4n) is 1.43. The van der Waals surface area contributed by atoms with Crippen molar-refractivity contribution in [1.29, 1.82) is 0 Å². The van der Waals surface area contributed by atoms with Gasteiger partial charge in [0.1, 0.15) is 12.2 Å². The van der Waals surface area contributed by atoms with Crippen LogP contribution in [0.25, 0.3) is 0 Å². The predicted octanol–water partition coefficient (Wildman–Crippen LogP) is -0.931. The molecule has 9 nitrogen and oxygen atoms in total. The molecule has 0 aliphatic rings. The number of rotatable bonds is 5. The summed E-state index contributed by atoms with van der Waals surface area (Å²) in [6, 6.07) is 0. The van der Waals surface area contributed by atoms with Crippen molar-refractivity contribution in [3.8, 4) is 0 Å². The van der Waals surface area contributed by atoms with Gasteiger partial charge in [-0.25, -0.2) is 9.67 Å². The van der Waals surface area contributed by atoms with Crippen molar-refractivity contribution in [3.05, 3.63) is 34.6 Å². The van der Waals surface area contributed by atoms with E-state index in [9.17, 15) is 9.59 Å². The van der Waals surface area contributed by atoms with Crippen LogP contribution in [0.4, 0.5) is 5.82 Å². The molecule has 2 aromatic rings. The summed E-state index contributed by atoms with van der Waals surface area (Å²) in [7, 11) is 1.62. The van der Waals surface area contributed by atoms with Crippen LogP contribution in [0.1, 0.15) is 5.69 Å². The zero-order valence-electron chi connectivity index (χ0n) is 10.1. The Morgan fingerprint density at radius 2 is 2.32 bits per heavy atom. The highest BCUT2D eigenvalue weighted by Gasteiger charge is 2.06. The summed E-state index contributed by atoms with van der Waals surface area (Å²) in [6.45, 7) is -0.00970. The number of anilines is 1. The first-order valence-electron chi connectivity index (χ1n) is 5.42. The lowest BCUT2D eigenvalue weighted by atomic mass is 10.4. The monoisotopic (exact) mass is 264 g/mol. The standard InChI is InChI=1S/C10H12N6O3/c1-15-3-2-11-9(10(15)19)12-4-7-5-16(14-13-7)6-8(17)18/h2-3,5H,4,6H2,1H3,(H,11,12)(H,17,18). The van der Waals surface area contributed by atoms with Crippen molar-refractivity contribution in [2.75, 3.05) is 5.32 Å². The quantitative estimate of drug-likeness (QED) is 0.716. The summed E-state index contributed by atoms with van der Waals surface area (Å²) in [5, 5.41) is 18.9. The van der Waals surface area contributed by atoms with Crippen molar-refractivity contribution in [2.45, 2.75) is 13.1 Å². The zero-order chi connectivity index (χ0) is 13.8. The second kappa shape index (κ2) is 5.29. The number of carboxylic acids is 1. The van der Waals surface area contributed by atoms with Crippen LogP contribution in [0.2, 0.25) is 0 Å². The number of aliphatic carboxylic acids is 1. The van der Waals surface area contributed by atoms with Crippen molar-refractivity contribution in [3.63, 3.8) is 0 Å². The summed E-state index contributed by atoms with van der Waals surface area (Å²) < 4.78 is 2.60. The van der Waals surface area contributed by atoms with Crippen LogP contribution in [0, 0.1) is 0 Å². The van der Waals surface area contributed by atoms with Gasteiger partial charge in [0.2, 0.25) is 0 Å². The average Bonchev–Trinajstić information content (AvgIpc) is 2.78. The van der Waals surface area contributed by atoms with E-state index in [1.54, 1.807) is 13.2 Å². The Morgan fingerprint density at radius 3 is 3.05 bits per heavy atom. The summed E-state index contributed by atoms with van der Waals surface area (Å²) in [5.41, 5.74) is 0.273. The van der Waals surface area contributed by atoms with Crippen LogP contribution >= 0.6 is 0 Å². The molecule has 0 unspecified atom stereocenters. The molecule has 19 heavy (non-hydrogen) atoms. The first-order valence-corrected chi connectivity index (χ1v) is 5.42. The number of carbonyl (C=O) groups is 1. The minimum atomic E-state index is -0.997. The molecular formula is C10H12N6O3. The van der Waals surface area contributed by atoms with E-state index in [0.29, 0.717) is 5.69 Å². The number of carboxylic acid groups (broad SMARTS) is 1. The van der Waals surface area contributed by atoms with Gasteiger partial charge < -0.3 is 15.0 Å². The highest BCUT2D eigenvalue weighted by molar-refractivity contribution is 5.66. The van der Waals surface area contributed by atoms with Crippen molar-refractivity contribution in [2.24, 2.45) is 7.05 Å². The third-order valence-electron chi connectivity index (χ3n) is 2.34. The minimum absolute atomic E-state index is 0.206. The zero-order valence-corrected chi connectivity index (χ0v) is 10.1. The predicted molar refractivity (Wildman–Crippen MR) is 64.5 cm³/mol. The van der Waals surface area contributed by atoms with E-state index in [2.05, 4.69) is 20.6 Å². The van der Waals surface area contributed by atoms with Gasteiger partial charge in [-0.15, -0.1) is 5.10 Å². The molecule has 2 rings (SSSR count). The lowest BCUT2D eigenvalue weighted by molar-refractivity contribution is -0.137. The van der Waals surface area contributed by atoms with Crippen LogP contribution in [0.5, 0.6) is 0 Å². The molecule has 0 saturated heterocycles. The topological polar surface area (TPSA) is 115 Å². The number of nitrogens with one attached hydrogen (secondary N) is 1. The number of hydrogen-bond donors (Lipinski definition) is 2. The van der Waals surface area contributed by atoms with Crippen LogP contribution < -0.4 is 10.9 Å². The molecule has 0 atom stereocenters. The fourth-order valence-corrected chi connectivity index (χ4v) is 1.43. The van der Waals surface area contributed by atoms with Crippen molar-refractivity contribution >= 4 is 11.8 Å². The maximum Gasteiger partial charge on any atom is 0.325 e. The normalized spacial score (nSPS) is 10.4. The first kappa shape index (κ1) is 12.7. The van der Waals surface area contributed by atoms with E-state index < -0.39 is 5.97 Å². The van der Waals surface area contributed by atoms with E-state index >= 15 is 0 Å². The summed E-state index contributed by atoms with van der Waals surface area (Å²) in [4.78, 5) is 26.1. The van der Waals surface area contributed by atoms with Gasteiger partial charge in [-0.3, -0.25) is 9.59 Å². The van der Waals surface area contributed by atoms with Gasteiger partial charge in [-0.2, -0.15) is 0 Å². The van der Waals surface area contributed by atoms with E-state index in [1.807, 2.05) is 0 Å². The lowest BCUT2D eigenvalue weighted by Gasteiger charge is -2.03. The fraction of sp³-hybridized carbons (Fsp3) is 0.300. The molecule has 100 valence electrons. The van der Waals surface area contributed by atoms with Gasteiger partial charge in [-0.05, 0) is 0 Å². The first-order chi connectivity index (χ1) is 9.06. The average molecular weight is 264 g/mol. The molecule has 0 amide bonds. The third-order valence-corrected chi connectivity index (χ3v) is 2.34. The van der Waals surface area contributed by atoms with Gasteiger partial charge in [0.25, 0.3) is 5.56 Å². The smallest absolute Gasteiger partial charge is 0.325 e. The largest absolute Gasteiger partial charge is 0.480 e. The Labute approximate surface area is 107 Å². The molecule has 0 aliphatic heterocycles. The molecule has 0 aliphatic carbocycles. The molecule has 2 N–H and O–H groups in total. The Balaban J connectivity index is 2.02. The van der Waals surface area contributed by atoms with Gasteiger partial charge in [0.05, 0.1) is 12.7 Å². The second-order valence-corrected chi connectivity index (χ2v) is 3.85. The van der Waals surface area contributed by atoms with Crippen LogP contribution in [0.3, 0.4) is 0 Å². The third kappa shape index (κ3) is 3.15. The molecule has 0 aromatic carbocycles. The highest BCUT2D eigenvalue weighted by atomic mass is 16.4. The maximum absolute atomic E-state index is 11.7. The second-order valence-electron chi connectivity index (χ2n) is 3.85. The molecule has 0 saturated carbocycles. The van der Waals surface area contributed by atoms with Gasteiger partial charge in [0.15, 0.2) is 5.82 Å². The van der Waals surface area contributed by atoms with Crippen LogP contribution in [-0.2, 0) is 24.9 Å². The summed E-state index contributed by atoms with van der Waals surface area (Å²) >= 11 is 0. The van der Waals surface area contributed by atoms with Crippen LogP contribution in [-0.4, -0.2) is 35.6 Å². The molecule has 2 aromatic heterocycles. The number of aromatic nitrogens is 5. The van der Waals surface area contributed by atoms with Crippen molar-refractivity contribution < 1.29 is 9.90 Å². The molecular weight excluding hydrogens is 252 g/mol. The number of aryl methyl sites for hydroxylation is 1. The Hall–Kier alpha value is -2.71. The molecule has 9 heteroatoms. The van der Waals surface area contributed by atoms with E-state index in [4.69, 9.17) is 5.11 Å². The summed E-state index contributed by atoms with van der Waals surface area (Å²) in [5.74, 6) is -0.791. The molecule has 0 bridgehead atoms. The van der Waals surface area contributed by atoms with Gasteiger partial charge in [0, 0.05) is 19.4 Å². The van der Waals surface area contributed by atoms with Gasteiger partial charge in [-0.1, -0.05) is 5.21 Å². The molecule has 0 fully saturated rings. The Morgan fingerprint density at radius 1 is 1.53 bits per heavy atom. The van der Waals surface area contributed by atoms with Gasteiger partial charge >= 0.3 is 5.97 Å². The van der Waals surface area contributed by atoms with E-state index in [0.717, 1.165) is 0 Å². The minimum Gasteiger partial charge on any atom is -0.480 e. The number of hydrogen-bond acceptors (Lipinski definition) is 6. The lowest BCUT2D eigenvalue weighted by Crippen LogP contribution is -2.21. The maximum atomic E-state index is 11.7. The SMILES string of the molecule is Cn1ccnc(NCc2cn(CC(=O)O)nn2)c1=O. The molecule has 2 heterocycles. The summed E-state index contributed by atoms with van der Waals surface area (Å²) in [6.07, 6.45) is 4.55. The van der Waals surface area contributed by atoms with Crippen molar-refractivity contribution in [1.82, 2.24) is 24.5 Å². The highest BCUT2D eigenvalue weighted by Crippen LogP contribution is 1.98. The molecule has 0 radical (unpaired) electrons. The Bertz CT molecular complexity index is 647. The van der Waals surface area contributed by atoms with E-state index in [1.165, 1.54) is 21.6 Å². The molecule has 0 spiro atoms. The van der Waals surface area contributed by atoms with Crippen LogP contribution in [0.15, 0.2) is 23.4 Å². The van der Waals surface area contributed by atoms with E-state index in [-0.39, 0.29) is 24.5 Å². The number of nitrogens with zero attached hydrogens (tertiary/aromatic N) is 5. The Kier molecular flexibility index (Phi) is 3.55.